The SMILES string of the molecule is CC(NCCC(N)C(C)(C)C)C1CCOC1. The molecule has 1 fully saturated rings. The van der Waals surface area contributed by atoms with Gasteiger partial charge in [0.2, 0.25) is 0 Å². The maximum atomic E-state index is 6.13. The molecule has 1 rings (SSSR count). The molecule has 1 saturated heterocycles. The van der Waals surface area contributed by atoms with Crippen molar-refractivity contribution in [2.45, 2.75) is 52.6 Å². The second kappa shape index (κ2) is 5.99. The second-order valence-corrected chi connectivity index (χ2v) is 6.13. The molecular formula is C13H28N2O. The summed E-state index contributed by atoms with van der Waals surface area (Å²) < 4.78 is 5.40. The van der Waals surface area contributed by atoms with Gasteiger partial charge in [-0.25, -0.2) is 0 Å². The summed E-state index contributed by atoms with van der Waals surface area (Å²) in [5, 5.41) is 3.57. The lowest BCUT2D eigenvalue weighted by atomic mass is 9.85. The van der Waals surface area contributed by atoms with Crippen molar-refractivity contribution in [3.8, 4) is 0 Å². The second-order valence-electron chi connectivity index (χ2n) is 6.13. The van der Waals surface area contributed by atoms with Gasteiger partial charge in [-0.3, -0.25) is 0 Å². The first-order valence-corrected chi connectivity index (χ1v) is 6.48. The van der Waals surface area contributed by atoms with E-state index in [1.165, 1.54) is 6.42 Å². The van der Waals surface area contributed by atoms with E-state index in [1.807, 2.05) is 0 Å². The van der Waals surface area contributed by atoms with Crippen LogP contribution in [0.25, 0.3) is 0 Å². The van der Waals surface area contributed by atoms with Crippen molar-refractivity contribution in [1.29, 1.82) is 0 Å². The molecule has 3 unspecified atom stereocenters. The number of hydrogen-bond donors (Lipinski definition) is 2. The molecule has 0 bridgehead atoms. The number of ether oxygens (including phenoxy) is 1. The number of hydrogen-bond acceptors (Lipinski definition) is 3. The molecule has 3 N–H and O–H groups in total. The average molecular weight is 228 g/mol. The molecule has 0 amide bonds. The standard InChI is InChI=1S/C13H28N2O/c1-10(11-6-8-16-9-11)15-7-5-12(14)13(2,3)4/h10-12,15H,5-9,14H2,1-4H3. The highest BCUT2D eigenvalue weighted by Gasteiger charge is 2.23. The van der Waals surface area contributed by atoms with Gasteiger partial charge in [-0.15, -0.1) is 0 Å². The van der Waals surface area contributed by atoms with Crippen molar-refractivity contribution in [1.82, 2.24) is 5.32 Å². The van der Waals surface area contributed by atoms with Gasteiger partial charge in [-0.1, -0.05) is 20.8 Å². The largest absolute Gasteiger partial charge is 0.381 e. The van der Waals surface area contributed by atoms with Gasteiger partial charge >= 0.3 is 0 Å². The third-order valence-electron chi connectivity index (χ3n) is 3.71. The number of nitrogens with two attached hydrogens (primary N) is 1. The Morgan fingerprint density at radius 3 is 2.62 bits per heavy atom. The molecule has 0 aromatic rings. The van der Waals surface area contributed by atoms with Crippen LogP contribution >= 0.6 is 0 Å². The van der Waals surface area contributed by atoms with E-state index in [0.29, 0.717) is 12.0 Å². The van der Waals surface area contributed by atoms with E-state index in [0.717, 1.165) is 26.2 Å². The van der Waals surface area contributed by atoms with Crippen molar-refractivity contribution in [3.63, 3.8) is 0 Å². The quantitative estimate of drug-likeness (QED) is 0.754. The van der Waals surface area contributed by atoms with Crippen LogP contribution in [0.4, 0.5) is 0 Å². The van der Waals surface area contributed by atoms with Crippen LogP contribution in [0.1, 0.15) is 40.5 Å². The summed E-state index contributed by atoms with van der Waals surface area (Å²) in [6.45, 7) is 11.7. The maximum Gasteiger partial charge on any atom is 0.0509 e. The molecular weight excluding hydrogens is 200 g/mol. The summed E-state index contributed by atoms with van der Waals surface area (Å²) >= 11 is 0. The highest BCUT2D eigenvalue weighted by molar-refractivity contribution is 4.80. The van der Waals surface area contributed by atoms with E-state index in [-0.39, 0.29) is 11.5 Å². The van der Waals surface area contributed by atoms with E-state index < -0.39 is 0 Å². The van der Waals surface area contributed by atoms with E-state index in [2.05, 4.69) is 33.0 Å². The minimum atomic E-state index is 0.210. The summed E-state index contributed by atoms with van der Waals surface area (Å²) in [6, 6.07) is 0.821. The first-order valence-electron chi connectivity index (χ1n) is 6.48. The summed E-state index contributed by atoms with van der Waals surface area (Å²) in [4.78, 5) is 0. The van der Waals surface area contributed by atoms with Crippen LogP contribution in [-0.4, -0.2) is 31.8 Å². The molecule has 0 radical (unpaired) electrons. The zero-order valence-electron chi connectivity index (χ0n) is 11.3. The smallest absolute Gasteiger partial charge is 0.0509 e. The Morgan fingerprint density at radius 2 is 2.12 bits per heavy atom. The molecule has 1 aliphatic heterocycles. The zero-order valence-corrected chi connectivity index (χ0v) is 11.3. The van der Waals surface area contributed by atoms with Crippen LogP contribution in [0, 0.1) is 11.3 Å². The van der Waals surface area contributed by atoms with Crippen LogP contribution in [0.3, 0.4) is 0 Å². The summed E-state index contributed by atoms with van der Waals surface area (Å²) in [6.07, 6.45) is 2.24. The van der Waals surface area contributed by atoms with Gasteiger partial charge in [-0.05, 0) is 37.6 Å². The first kappa shape index (κ1) is 13.9. The Labute approximate surface area is 100 Å². The van der Waals surface area contributed by atoms with Crippen molar-refractivity contribution in [2.75, 3.05) is 19.8 Å². The third kappa shape index (κ3) is 4.40. The zero-order chi connectivity index (χ0) is 12.2. The lowest BCUT2D eigenvalue weighted by Crippen LogP contribution is -2.41. The van der Waals surface area contributed by atoms with E-state index in [9.17, 15) is 0 Å². The van der Waals surface area contributed by atoms with Crippen LogP contribution in [0.15, 0.2) is 0 Å². The number of nitrogens with one attached hydrogen (secondary N) is 1. The van der Waals surface area contributed by atoms with Crippen LogP contribution in [0.2, 0.25) is 0 Å². The average Bonchev–Trinajstić information content (AvgIpc) is 2.68. The molecule has 0 aliphatic carbocycles. The molecule has 0 aromatic heterocycles. The summed E-state index contributed by atoms with van der Waals surface area (Å²) in [5.74, 6) is 0.686. The normalized spacial score (nSPS) is 25.7. The van der Waals surface area contributed by atoms with E-state index in [1.54, 1.807) is 0 Å². The maximum absolute atomic E-state index is 6.13. The fourth-order valence-electron chi connectivity index (χ4n) is 2.01. The minimum absolute atomic E-state index is 0.210. The highest BCUT2D eigenvalue weighted by Crippen LogP contribution is 2.20. The lowest BCUT2D eigenvalue weighted by Gasteiger charge is -2.28. The van der Waals surface area contributed by atoms with Gasteiger partial charge in [0.25, 0.3) is 0 Å². The van der Waals surface area contributed by atoms with Crippen molar-refractivity contribution in [2.24, 2.45) is 17.1 Å². The predicted octanol–water partition coefficient (Wildman–Crippen LogP) is 1.76. The Kier molecular flexibility index (Phi) is 5.22. The molecule has 0 saturated carbocycles. The molecule has 3 nitrogen and oxygen atoms in total. The topological polar surface area (TPSA) is 47.3 Å². The molecule has 3 heteroatoms. The van der Waals surface area contributed by atoms with Gasteiger partial charge in [0.1, 0.15) is 0 Å². The van der Waals surface area contributed by atoms with Gasteiger partial charge in [-0.2, -0.15) is 0 Å². The Balaban J connectivity index is 2.14. The third-order valence-corrected chi connectivity index (χ3v) is 3.71. The van der Waals surface area contributed by atoms with Gasteiger partial charge in [0, 0.05) is 18.7 Å². The monoisotopic (exact) mass is 228 g/mol. The van der Waals surface area contributed by atoms with Gasteiger partial charge in [0.15, 0.2) is 0 Å². The Morgan fingerprint density at radius 1 is 1.44 bits per heavy atom. The fourth-order valence-corrected chi connectivity index (χ4v) is 2.01. The Bertz CT molecular complexity index is 195. The Hall–Kier alpha value is -0.120. The molecule has 1 aliphatic rings. The molecule has 3 atom stereocenters. The fraction of sp³-hybridized carbons (Fsp3) is 1.00. The minimum Gasteiger partial charge on any atom is -0.381 e. The predicted molar refractivity (Wildman–Crippen MR) is 68.4 cm³/mol. The van der Waals surface area contributed by atoms with Crippen molar-refractivity contribution >= 4 is 0 Å². The molecule has 16 heavy (non-hydrogen) atoms. The highest BCUT2D eigenvalue weighted by atomic mass is 16.5. The molecule has 0 aromatic carbocycles. The van der Waals surface area contributed by atoms with Crippen LogP contribution < -0.4 is 11.1 Å². The molecule has 1 heterocycles. The van der Waals surface area contributed by atoms with E-state index >= 15 is 0 Å². The van der Waals surface area contributed by atoms with Crippen molar-refractivity contribution in [3.05, 3.63) is 0 Å². The summed E-state index contributed by atoms with van der Waals surface area (Å²) in [5.41, 5.74) is 6.34. The lowest BCUT2D eigenvalue weighted by molar-refractivity contribution is 0.178. The van der Waals surface area contributed by atoms with Crippen LogP contribution in [-0.2, 0) is 4.74 Å². The van der Waals surface area contributed by atoms with Gasteiger partial charge in [0.05, 0.1) is 6.61 Å². The van der Waals surface area contributed by atoms with Gasteiger partial charge < -0.3 is 15.8 Å². The molecule has 96 valence electrons. The first-order chi connectivity index (χ1) is 7.41. The summed E-state index contributed by atoms with van der Waals surface area (Å²) in [7, 11) is 0. The van der Waals surface area contributed by atoms with Crippen molar-refractivity contribution < 1.29 is 4.74 Å². The number of rotatable bonds is 5. The van der Waals surface area contributed by atoms with Crippen LogP contribution in [0.5, 0.6) is 0 Å². The molecule has 0 spiro atoms. The van der Waals surface area contributed by atoms with E-state index in [4.69, 9.17) is 10.5 Å².